The molecule has 1 nitrogen and oxygen atoms in total. The third-order valence-electron chi connectivity index (χ3n) is 3.18. The van der Waals surface area contributed by atoms with Gasteiger partial charge in [0.2, 0.25) is 0 Å². The normalized spacial score (nSPS) is 10.5. The van der Waals surface area contributed by atoms with E-state index >= 15 is 0 Å². The quantitative estimate of drug-likeness (QED) is 0.360. The molecule has 1 aromatic heterocycles. The van der Waals surface area contributed by atoms with Crippen LogP contribution < -0.4 is 10.6 Å². The molecule has 1 heterocycles. The maximum absolute atomic E-state index is 12.6. The summed E-state index contributed by atoms with van der Waals surface area (Å²) >= 11 is 0. The summed E-state index contributed by atoms with van der Waals surface area (Å²) in [5, 5.41) is 3.06. The Kier molecular flexibility index (Phi) is 10.2. The second-order valence-electron chi connectivity index (χ2n) is 4.68. The van der Waals surface area contributed by atoms with Crippen LogP contribution in [0.1, 0.15) is 0 Å². The van der Waals surface area contributed by atoms with Crippen LogP contribution in [-0.4, -0.2) is 18.3 Å². The van der Waals surface area contributed by atoms with Gasteiger partial charge in [-0.15, -0.1) is 29.8 Å². The van der Waals surface area contributed by atoms with Crippen LogP contribution in [0.3, 0.4) is 0 Å². The fourth-order valence-electron chi connectivity index (χ4n) is 2.01. The van der Waals surface area contributed by atoms with Crippen molar-refractivity contribution >= 4 is 27.8 Å². The van der Waals surface area contributed by atoms with E-state index in [1.165, 1.54) is 22.7 Å². The minimum atomic E-state index is -0.278. The average Bonchev–Trinajstić information content (AvgIpc) is 2.63. The van der Waals surface area contributed by atoms with Crippen molar-refractivity contribution in [3.05, 3.63) is 78.7 Å². The molecule has 0 saturated carbocycles. The van der Waals surface area contributed by atoms with Crippen molar-refractivity contribution in [2.75, 3.05) is 13.3 Å². The van der Waals surface area contributed by atoms with Gasteiger partial charge >= 0.3 is 0 Å². The Hall–Kier alpha value is -0.932. The maximum Gasteiger partial charge on any atom is 0.0379 e. The van der Waals surface area contributed by atoms with Gasteiger partial charge in [0.25, 0.3) is 0 Å². The fraction of sp³-hybridized carbons (Fsp3) is 0.105. The van der Waals surface area contributed by atoms with E-state index in [4.69, 9.17) is 0 Å². The van der Waals surface area contributed by atoms with Crippen molar-refractivity contribution in [2.45, 2.75) is 0 Å². The zero-order valence-corrected chi connectivity index (χ0v) is 17.8. The van der Waals surface area contributed by atoms with Gasteiger partial charge < -0.3 is 4.98 Å². The average molecular weight is 537 g/mol. The van der Waals surface area contributed by atoms with Gasteiger partial charge in [0.05, 0.1) is 0 Å². The summed E-state index contributed by atoms with van der Waals surface area (Å²) < 4.78 is 12.6. The van der Waals surface area contributed by atoms with Crippen LogP contribution in [-0.2, 0) is 21.1 Å². The van der Waals surface area contributed by atoms with Gasteiger partial charge in [0, 0.05) is 33.1 Å². The summed E-state index contributed by atoms with van der Waals surface area (Å²) in [5.41, 5.74) is 1.62. The van der Waals surface area contributed by atoms with Gasteiger partial charge in [-0.25, -0.2) is 0 Å². The molecule has 2 unspecified atom stereocenters. The molecule has 0 aliphatic carbocycles. The molecule has 0 aliphatic rings. The molecule has 0 aliphatic heterocycles. The number of halogens is 1. The fourth-order valence-corrected chi connectivity index (χ4v) is 3.99. The summed E-state index contributed by atoms with van der Waals surface area (Å²) in [6, 6.07) is 21.5. The third kappa shape index (κ3) is 6.52. The summed E-state index contributed by atoms with van der Waals surface area (Å²) in [6.07, 6.45) is 1.70. The standard InChI is InChI=1S/C11H7FN.C8H12P2.Pt/c12-10-6-4-9(5-7-10)11-3-1-2-8-13-11;1-9-7-5-3-4-6-8(7)10-2;/h1-4,6-8H;3-6,9-10H,1-2H3;/q-1;;. The van der Waals surface area contributed by atoms with Crippen LogP contribution in [0.2, 0.25) is 0 Å². The molecule has 0 bridgehead atoms. The smallest absolute Gasteiger partial charge is 0.0379 e. The van der Waals surface area contributed by atoms with E-state index in [-0.39, 0.29) is 26.9 Å². The first kappa shape index (κ1) is 21.1. The molecule has 3 aromatic rings. The molecule has 2 atom stereocenters. The summed E-state index contributed by atoms with van der Waals surface area (Å²) in [4.78, 5) is 4.12. The van der Waals surface area contributed by atoms with Gasteiger partial charge in [-0.3, -0.25) is 4.39 Å². The number of pyridine rings is 1. The summed E-state index contributed by atoms with van der Waals surface area (Å²) in [5.74, 6) is -0.278. The zero-order valence-electron chi connectivity index (χ0n) is 13.5. The SMILES string of the molecule is CPc1ccccc1PC.Fc1c[c-]c(-c2ccccn2)cc1.[Pt]. The molecular formula is C19H19FNP2Pt-. The Morgan fingerprint density at radius 2 is 1.50 bits per heavy atom. The van der Waals surface area contributed by atoms with E-state index in [1.54, 1.807) is 12.3 Å². The van der Waals surface area contributed by atoms with E-state index in [0.717, 1.165) is 28.4 Å². The van der Waals surface area contributed by atoms with Gasteiger partial charge in [-0.2, -0.15) is 0 Å². The van der Waals surface area contributed by atoms with E-state index in [0.29, 0.717) is 0 Å². The predicted molar refractivity (Wildman–Crippen MR) is 103 cm³/mol. The Balaban J connectivity index is 0.000000238. The number of hydrogen-bond acceptors (Lipinski definition) is 1. The van der Waals surface area contributed by atoms with E-state index in [1.807, 2.05) is 18.2 Å². The molecule has 0 spiro atoms. The molecule has 0 amide bonds. The molecule has 24 heavy (non-hydrogen) atoms. The predicted octanol–water partition coefficient (Wildman–Crippen LogP) is 4.24. The van der Waals surface area contributed by atoms with Crippen LogP contribution >= 0.6 is 17.2 Å². The topological polar surface area (TPSA) is 12.9 Å². The maximum atomic E-state index is 12.6. The monoisotopic (exact) mass is 537 g/mol. The van der Waals surface area contributed by atoms with Crippen molar-refractivity contribution in [1.29, 1.82) is 0 Å². The van der Waals surface area contributed by atoms with Crippen LogP contribution in [0.5, 0.6) is 0 Å². The Morgan fingerprint density at radius 1 is 0.875 bits per heavy atom. The number of aromatic nitrogens is 1. The molecule has 5 heteroatoms. The largest absolute Gasteiger partial charge is 0.305 e. The second kappa shape index (κ2) is 11.6. The minimum absolute atomic E-state index is 0. The van der Waals surface area contributed by atoms with Gasteiger partial charge in [0.1, 0.15) is 0 Å². The molecule has 0 N–H and O–H groups in total. The number of nitrogens with zero attached hydrogens (tertiary/aromatic N) is 1. The Bertz CT molecular complexity index is 698. The van der Waals surface area contributed by atoms with E-state index in [9.17, 15) is 4.39 Å². The first-order valence-corrected chi connectivity index (χ1v) is 10.3. The number of rotatable bonds is 3. The Morgan fingerprint density at radius 3 is 1.96 bits per heavy atom. The van der Waals surface area contributed by atoms with Gasteiger partial charge in [-0.1, -0.05) is 53.6 Å². The molecule has 128 valence electrons. The molecular weight excluding hydrogens is 518 g/mol. The molecule has 2 aromatic carbocycles. The van der Waals surface area contributed by atoms with Crippen LogP contribution in [0.25, 0.3) is 11.3 Å². The molecule has 0 fully saturated rings. The summed E-state index contributed by atoms with van der Waals surface area (Å²) in [6.45, 7) is 4.47. The first-order chi connectivity index (χ1) is 11.2. The first-order valence-electron chi connectivity index (χ1n) is 7.27. The van der Waals surface area contributed by atoms with Crippen molar-refractivity contribution in [3.8, 4) is 11.3 Å². The van der Waals surface area contributed by atoms with Crippen molar-refractivity contribution in [3.63, 3.8) is 0 Å². The molecule has 3 rings (SSSR count). The van der Waals surface area contributed by atoms with Crippen molar-refractivity contribution in [1.82, 2.24) is 4.98 Å². The van der Waals surface area contributed by atoms with Crippen LogP contribution in [0.15, 0.2) is 66.9 Å². The van der Waals surface area contributed by atoms with Crippen LogP contribution in [0, 0.1) is 11.9 Å². The summed E-state index contributed by atoms with van der Waals surface area (Å²) in [7, 11) is 1.89. The van der Waals surface area contributed by atoms with Crippen molar-refractivity contribution < 1.29 is 25.5 Å². The van der Waals surface area contributed by atoms with Gasteiger partial charge in [0.15, 0.2) is 0 Å². The van der Waals surface area contributed by atoms with Crippen LogP contribution in [0.4, 0.5) is 4.39 Å². The third-order valence-corrected chi connectivity index (χ3v) is 5.38. The number of hydrogen-bond donors (Lipinski definition) is 0. The van der Waals surface area contributed by atoms with E-state index < -0.39 is 0 Å². The second-order valence-corrected chi connectivity index (χ2v) is 6.76. The number of benzene rings is 2. The molecule has 0 radical (unpaired) electrons. The van der Waals surface area contributed by atoms with Crippen molar-refractivity contribution in [2.24, 2.45) is 0 Å². The van der Waals surface area contributed by atoms with Gasteiger partial charge in [-0.05, 0) is 35.7 Å². The minimum Gasteiger partial charge on any atom is -0.305 e. The molecule has 0 saturated heterocycles. The van der Waals surface area contributed by atoms with E-state index in [2.05, 4.69) is 48.6 Å². The zero-order chi connectivity index (χ0) is 16.5. The Labute approximate surface area is 161 Å².